The summed E-state index contributed by atoms with van der Waals surface area (Å²) in [5, 5.41) is 38.0. The van der Waals surface area contributed by atoms with Gasteiger partial charge < -0.3 is 63.1 Å². The zero-order chi connectivity index (χ0) is 85.4. The molecule has 5 aliphatic rings. The zero-order valence-corrected chi connectivity index (χ0v) is 77.4. The lowest BCUT2D eigenvalue weighted by molar-refractivity contribution is -0.150. The number of halogens is 6. The summed E-state index contributed by atoms with van der Waals surface area (Å²) < 4.78 is 36.3. The molecule has 0 unspecified atom stereocenters. The number of ether oxygens (including phenoxy) is 6. The van der Waals surface area contributed by atoms with Gasteiger partial charge in [-0.1, -0.05) is 30.3 Å². The lowest BCUT2D eigenvalue weighted by Gasteiger charge is -2.40. The first-order valence-electron chi connectivity index (χ1n) is 37.5. The fourth-order valence-electron chi connectivity index (χ4n) is 12.5. The van der Waals surface area contributed by atoms with Crippen molar-refractivity contribution in [2.24, 2.45) is 5.92 Å². The number of piperidine rings is 5. The van der Waals surface area contributed by atoms with Crippen LogP contribution in [0.15, 0.2) is 119 Å². The van der Waals surface area contributed by atoms with Gasteiger partial charge in [0.25, 0.3) is 0 Å². The normalized spacial score (nSPS) is 17.2. The average molecular weight is 1970 g/mol. The van der Waals surface area contributed by atoms with E-state index in [-0.39, 0.29) is 48.3 Å². The Hall–Kier alpha value is -7.14. The van der Waals surface area contributed by atoms with Crippen LogP contribution in [0, 0.1) is 28.6 Å². The highest BCUT2D eigenvalue weighted by Crippen LogP contribution is 2.40. The molecule has 0 saturated carbocycles. The van der Waals surface area contributed by atoms with Gasteiger partial charge in [-0.15, -0.1) is 0 Å². The van der Waals surface area contributed by atoms with E-state index >= 15 is 0 Å². The smallest absolute Gasteiger partial charge is 0.410 e. The molecule has 0 radical (unpaired) electrons. The van der Waals surface area contributed by atoms with Crippen LogP contribution in [-0.4, -0.2) is 209 Å². The predicted molar refractivity (Wildman–Crippen MR) is 451 cm³/mol. The predicted octanol–water partition coefficient (Wildman–Crippen LogP) is 18.0. The maximum atomic E-state index is 12.5. The summed E-state index contributed by atoms with van der Waals surface area (Å²) in [5.74, 6) is -1.13. The molecule has 5 saturated heterocycles. The van der Waals surface area contributed by atoms with E-state index < -0.39 is 56.3 Å². The van der Waals surface area contributed by atoms with Gasteiger partial charge in [0.2, 0.25) is 0 Å². The number of aromatic nitrogens is 5. The molecule has 0 spiro atoms. The van der Waals surface area contributed by atoms with E-state index in [0.29, 0.717) is 142 Å². The minimum absolute atomic E-state index is 0.0264. The number of carboxylic acids is 1. The molecule has 10 heterocycles. The number of nitriles is 2. The van der Waals surface area contributed by atoms with Crippen LogP contribution in [0.4, 0.5) is 24.0 Å². The fourth-order valence-corrected chi connectivity index (χ4v) is 14.8. The van der Waals surface area contributed by atoms with Gasteiger partial charge in [-0.05, 0) is 324 Å². The van der Waals surface area contributed by atoms with Crippen molar-refractivity contribution in [3.63, 3.8) is 0 Å². The van der Waals surface area contributed by atoms with E-state index in [1.54, 1.807) is 42.7 Å². The van der Waals surface area contributed by atoms with Crippen LogP contribution in [0.3, 0.4) is 0 Å². The number of aliphatic hydroxyl groups is 1. The first kappa shape index (κ1) is 97.4. The Morgan fingerprint density at radius 3 is 0.947 bits per heavy atom. The van der Waals surface area contributed by atoms with Gasteiger partial charge in [-0.25, -0.2) is 48.9 Å². The van der Waals surface area contributed by atoms with Crippen molar-refractivity contribution in [3.05, 3.63) is 141 Å². The first-order valence-corrected chi connectivity index (χ1v) is 42.2. The molecule has 0 atom stereocenters. The molecule has 2 N–H and O–H groups in total. The number of carbonyl (C=O) groups is 7. The van der Waals surface area contributed by atoms with E-state index in [9.17, 15) is 49.0 Å². The van der Waals surface area contributed by atoms with E-state index in [2.05, 4.69) is 133 Å². The Morgan fingerprint density at radius 1 is 0.404 bits per heavy atom. The van der Waals surface area contributed by atoms with Crippen LogP contribution >= 0.6 is 95.6 Å². The Labute approximate surface area is 720 Å². The molecule has 0 bridgehead atoms. The number of hydrogen-bond acceptors (Lipinski definition) is 21. The number of pyridine rings is 5. The standard InChI is InChI=1S/C17H23BrN2O4.C16H20BrN3O2.C16H21BrN2O4.C16H23BrN2O3.C11H18N2O2.C5H3Br2N/c1-16(2,3)24-15(22)20-10-8-17(9-11-20,14(21)23-4)12-6-5-7-13(18)19-12;1-15(2,3)22-14(21)20-9-7-16(11-18,8-10-20)12-5-4-6-13(17)19-12;1-15(2,3)23-14(22)19-9-7-16(8-10-19,13(20)21)11-5-4-6-12(17)18-11;1-15(2,3)22-14(21)19-9-7-16(11-20,8-10-19)12-5-4-6-13(17)18-12;1-11(2,3)15-10(14)13-6-4-9(8-12)5-7-13;6-4-2-1-3-5(7)8-4/h5-7H,8-11H2,1-4H3;4-6H,7-10H2,1-3H3;4-6H,7-10H2,1-3H3,(H,20,21);4-6,20H,7-11H2,1-3H3;9H,4-7H2,1-3H3;1-3H. The van der Waals surface area contributed by atoms with Crippen LogP contribution in [-0.2, 0) is 59.7 Å². The molecule has 114 heavy (non-hydrogen) atoms. The van der Waals surface area contributed by atoms with Crippen molar-refractivity contribution >= 4 is 138 Å². The summed E-state index contributed by atoms with van der Waals surface area (Å²) >= 11 is 19.8. The quantitative estimate of drug-likeness (QED) is 0.0868. The monoisotopic (exact) mass is 1960 g/mol. The topological polar surface area (TPSA) is 344 Å². The number of carbonyl (C=O) groups excluding carboxylic acids is 6. The second kappa shape index (κ2) is 42.8. The Bertz CT molecular complexity index is 4110. The van der Waals surface area contributed by atoms with Crippen LogP contribution in [0.1, 0.15) is 191 Å². The number of carboxylic acid groups (broad SMARTS) is 1. The number of hydrogen-bond donors (Lipinski definition) is 2. The largest absolute Gasteiger partial charge is 0.481 e. The molecule has 5 fully saturated rings. The molecule has 0 aromatic carbocycles. The summed E-state index contributed by atoms with van der Waals surface area (Å²) in [5.41, 5.74) is -2.67. The van der Waals surface area contributed by atoms with Gasteiger partial charge in [0.05, 0.1) is 48.6 Å². The highest BCUT2D eigenvalue weighted by atomic mass is 79.9. The maximum absolute atomic E-state index is 12.5. The summed E-state index contributed by atoms with van der Waals surface area (Å²) in [6, 6.07) is 32.4. The van der Waals surface area contributed by atoms with E-state index in [1.165, 1.54) is 7.11 Å². The molecular formula is C81H108Br6N12O15. The van der Waals surface area contributed by atoms with E-state index in [0.717, 1.165) is 38.0 Å². The third-order valence-corrected chi connectivity index (χ3v) is 21.2. The summed E-state index contributed by atoms with van der Waals surface area (Å²) in [4.78, 5) is 115. The van der Waals surface area contributed by atoms with Crippen molar-refractivity contribution in [1.29, 1.82) is 10.5 Å². The number of rotatable bonds is 7. The number of nitrogens with zero attached hydrogens (tertiary/aromatic N) is 12. The number of aliphatic hydroxyl groups excluding tert-OH is 1. The number of methoxy groups -OCH3 is 1. The average Bonchev–Trinajstić information content (AvgIpc) is 0.864. The van der Waals surface area contributed by atoms with Crippen molar-refractivity contribution in [1.82, 2.24) is 49.4 Å². The van der Waals surface area contributed by atoms with Crippen LogP contribution in [0.5, 0.6) is 0 Å². The molecule has 27 nitrogen and oxygen atoms in total. The molecule has 5 aliphatic heterocycles. The van der Waals surface area contributed by atoms with Gasteiger partial charge in [0, 0.05) is 76.8 Å². The van der Waals surface area contributed by atoms with Gasteiger partial charge in [0.1, 0.15) is 71.9 Å². The molecule has 0 aliphatic carbocycles. The van der Waals surface area contributed by atoms with Crippen molar-refractivity contribution in [2.45, 2.75) is 218 Å². The summed E-state index contributed by atoms with van der Waals surface area (Å²) in [6.07, 6.45) is 3.87. The second-order valence-corrected chi connectivity index (χ2v) is 37.9. The molecule has 5 amide bonds. The highest BCUT2D eigenvalue weighted by molar-refractivity contribution is 9.11. The number of amides is 5. The third kappa shape index (κ3) is 30.7. The fraction of sp³-hybridized carbons (Fsp3) is 0.580. The van der Waals surface area contributed by atoms with Crippen molar-refractivity contribution in [3.8, 4) is 12.1 Å². The number of aliphatic carboxylic acids is 1. The Kier molecular flexibility index (Phi) is 36.6. The van der Waals surface area contributed by atoms with E-state index in [1.807, 2.05) is 177 Å². The lowest BCUT2D eigenvalue weighted by Crippen LogP contribution is -2.50. The van der Waals surface area contributed by atoms with Crippen molar-refractivity contribution in [2.75, 3.05) is 79.2 Å². The van der Waals surface area contributed by atoms with Gasteiger partial charge in [0.15, 0.2) is 0 Å². The molecule has 10 rings (SSSR count). The Morgan fingerprint density at radius 2 is 0.667 bits per heavy atom. The molecular weight excluding hydrogens is 1860 g/mol. The third-order valence-electron chi connectivity index (χ3n) is 18.6. The van der Waals surface area contributed by atoms with Crippen LogP contribution < -0.4 is 0 Å². The summed E-state index contributed by atoms with van der Waals surface area (Å²) in [7, 11) is 1.38. The summed E-state index contributed by atoms with van der Waals surface area (Å²) in [6.45, 7) is 32.5. The highest BCUT2D eigenvalue weighted by Gasteiger charge is 2.49. The van der Waals surface area contributed by atoms with E-state index in [4.69, 9.17) is 33.7 Å². The minimum Gasteiger partial charge on any atom is -0.481 e. The SMILES string of the molecule is Brc1cccc(Br)n1.CC(C)(C)OC(=O)N1CCC(C#N)(c2cccc(Br)n2)CC1.CC(C)(C)OC(=O)N1CCC(C#N)CC1.CC(C)(C)OC(=O)N1CCC(C(=O)O)(c2cccc(Br)n2)CC1.CC(C)(C)OC(=O)N1CCC(CO)(c2cccc(Br)n2)CC1.COC(=O)C1(c2cccc(Br)n2)CCN(C(=O)OC(C)(C)C)CC1. The molecule has 624 valence electrons. The van der Waals surface area contributed by atoms with Crippen molar-refractivity contribution < 1.29 is 72.2 Å². The minimum atomic E-state index is -1.07. The van der Waals surface area contributed by atoms with Gasteiger partial charge in [-0.2, -0.15) is 10.5 Å². The number of likely N-dealkylation sites (tertiary alicyclic amines) is 5. The first-order chi connectivity index (χ1) is 53.0. The zero-order valence-electron chi connectivity index (χ0n) is 67.9. The van der Waals surface area contributed by atoms with Crippen LogP contribution in [0.2, 0.25) is 0 Å². The number of esters is 1. The lowest BCUT2D eigenvalue weighted by atomic mass is 9.75. The van der Waals surface area contributed by atoms with Crippen LogP contribution in [0.25, 0.3) is 0 Å². The maximum Gasteiger partial charge on any atom is 0.410 e. The second-order valence-electron chi connectivity index (χ2n) is 33.0. The molecule has 5 aromatic rings. The molecule has 5 aromatic heterocycles. The molecule has 33 heteroatoms. The van der Waals surface area contributed by atoms with Gasteiger partial charge in [-0.3, -0.25) is 9.59 Å². The Balaban J connectivity index is 0.000000249. The van der Waals surface area contributed by atoms with Gasteiger partial charge >= 0.3 is 42.4 Å².